The number of phenols is 1. The molecule has 0 radical (unpaired) electrons. The molecule has 0 saturated carbocycles. The highest BCUT2D eigenvalue weighted by molar-refractivity contribution is 5.27. The minimum absolute atomic E-state index is 0.108. The topological polar surface area (TPSA) is 104 Å². The Balaban J connectivity index is 3.08. The van der Waals surface area contributed by atoms with Gasteiger partial charge >= 0.3 is 5.91 Å². The Morgan fingerprint density at radius 1 is 1.23 bits per heavy atom. The Bertz CT molecular complexity index is 318. The van der Waals surface area contributed by atoms with Crippen LogP contribution in [-0.2, 0) is 5.91 Å². The number of aromatic hydroxyl groups is 1. The lowest BCUT2D eigenvalue weighted by atomic mass is 10.1. The van der Waals surface area contributed by atoms with Gasteiger partial charge in [-0.25, -0.2) is 0 Å². The van der Waals surface area contributed by atoms with Crippen LogP contribution in [0.1, 0.15) is 5.56 Å². The second-order valence-corrected chi connectivity index (χ2v) is 2.44. The molecule has 3 N–H and O–H groups in total. The maximum absolute atomic E-state index is 10.1. The number of rotatable bonds is 2. The van der Waals surface area contributed by atoms with Crippen LogP contribution < -0.4 is 0 Å². The predicted octanol–water partition coefficient (Wildman–Crippen LogP) is -0.236. The van der Waals surface area contributed by atoms with E-state index in [-0.39, 0.29) is 11.3 Å². The van der Waals surface area contributed by atoms with Crippen molar-refractivity contribution in [2.75, 3.05) is 0 Å². The van der Waals surface area contributed by atoms with Crippen LogP contribution in [0, 0.1) is 10.1 Å². The zero-order valence-electron chi connectivity index (χ0n) is 6.41. The summed E-state index contributed by atoms with van der Waals surface area (Å²) in [5.74, 6) is -3.21. The monoisotopic (exact) mass is 185 g/mol. The fraction of sp³-hybridized carbons (Fsp3) is 0.143. The largest absolute Gasteiger partial charge is 0.508 e. The molecule has 70 valence electrons. The lowest BCUT2D eigenvalue weighted by molar-refractivity contribution is -0.696. The van der Waals surface area contributed by atoms with Gasteiger partial charge in [-0.3, -0.25) is 10.1 Å². The van der Waals surface area contributed by atoms with Gasteiger partial charge in [0.25, 0.3) is 0 Å². The summed E-state index contributed by atoms with van der Waals surface area (Å²) in [4.78, 5) is 8.91. The Morgan fingerprint density at radius 2 is 1.69 bits per heavy atom. The lowest BCUT2D eigenvalue weighted by Gasteiger charge is -2.11. The Kier molecular flexibility index (Phi) is 2.18. The fourth-order valence-electron chi connectivity index (χ4n) is 0.790. The lowest BCUT2D eigenvalue weighted by Crippen LogP contribution is -2.34. The summed E-state index contributed by atoms with van der Waals surface area (Å²) < 4.78 is 0. The molecule has 1 aromatic rings. The number of phenolic OH excluding ortho intramolecular Hbond substituents is 1. The molecule has 0 heterocycles. The van der Waals surface area contributed by atoms with Gasteiger partial charge in [0, 0.05) is 0 Å². The first-order chi connectivity index (χ1) is 5.94. The highest BCUT2D eigenvalue weighted by atomic mass is 16.7. The van der Waals surface area contributed by atoms with Crippen LogP contribution >= 0.6 is 0 Å². The molecule has 0 saturated heterocycles. The summed E-state index contributed by atoms with van der Waals surface area (Å²) in [6.45, 7) is 0. The van der Waals surface area contributed by atoms with Crippen molar-refractivity contribution in [2.45, 2.75) is 5.91 Å². The van der Waals surface area contributed by atoms with Crippen molar-refractivity contribution in [1.82, 2.24) is 0 Å². The zero-order chi connectivity index (χ0) is 10.1. The number of hydrogen-bond donors (Lipinski definition) is 3. The maximum atomic E-state index is 10.1. The molecule has 0 bridgehead atoms. The molecule has 0 spiro atoms. The summed E-state index contributed by atoms with van der Waals surface area (Å²) >= 11 is 0. The minimum Gasteiger partial charge on any atom is -0.508 e. The van der Waals surface area contributed by atoms with Crippen LogP contribution in [0.25, 0.3) is 0 Å². The molecule has 0 aliphatic carbocycles. The van der Waals surface area contributed by atoms with Crippen molar-refractivity contribution in [3.05, 3.63) is 39.9 Å². The quantitative estimate of drug-likeness (QED) is 0.335. The number of hydrogen-bond acceptors (Lipinski definition) is 5. The number of aliphatic hydroxyl groups is 2. The van der Waals surface area contributed by atoms with Crippen molar-refractivity contribution < 1.29 is 20.2 Å². The van der Waals surface area contributed by atoms with Gasteiger partial charge < -0.3 is 15.3 Å². The van der Waals surface area contributed by atoms with Crippen LogP contribution in [0.15, 0.2) is 24.3 Å². The molecule has 0 aliphatic rings. The first-order valence-corrected chi connectivity index (χ1v) is 3.33. The first kappa shape index (κ1) is 9.43. The Morgan fingerprint density at radius 3 is 2.08 bits per heavy atom. The standard InChI is InChI=1S/C7H7NO5/c9-6-3-1-5(2-4-6)7(10,11)8(12)13/h1-4,9-11H. The van der Waals surface area contributed by atoms with E-state index in [9.17, 15) is 10.1 Å². The maximum Gasteiger partial charge on any atom is 0.465 e. The van der Waals surface area contributed by atoms with Crippen LogP contribution in [0.2, 0.25) is 0 Å². The molecule has 0 aromatic heterocycles. The highest BCUT2D eigenvalue weighted by Crippen LogP contribution is 2.20. The average molecular weight is 185 g/mol. The van der Waals surface area contributed by atoms with E-state index in [4.69, 9.17) is 15.3 Å². The molecule has 0 aliphatic heterocycles. The third kappa shape index (κ3) is 1.74. The van der Waals surface area contributed by atoms with Crippen LogP contribution in [0.5, 0.6) is 5.75 Å². The van der Waals surface area contributed by atoms with Crippen molar-refractivity contribution in [3.63, 3.8) is 0 Å². The number of benzene rings is 1. The third-order valence-corrected chi connectivity index (χ3v) is 1.51. The number of nitrogens with zero attached hydrogens (tertiary/aromatic N) is 1. The Labute approximate surface area is 72.8 Å². The van der Waals surface area contributed by atoms with E-state index >= 15 is 0 Å². The van der Waals surface area contributed by atoms with Gasteiger partial charge in [-0.15, -0.1) is 0 Å². The van der Waals surface area contributed by atoms with E-state index in [0.29, 0.717) is 0 Å². The van der Waals surface area contributed by atoms with Crippen LogP contribution in [0.3, 0.4) is 0 Å². The van der Waals surface area contributed by atoms with Gasteiger partial charge in [-0.2, -0.15) is 0 Å². The summed E-state index contributed by atoms with van der Waals surface area (Å²) in [7, 11) is 0. The predicted molar refractivity (Wildman–Crippen MR) is 41.2 cm³/mol. The SMILES string of the molecule is O=[N+]([O-])C(O)(O)c1ccc(O)cc1. The van der Waals surface area contributed by atoms with Crippen molar-refractivity contribution >= 4 is 0 Å². The van der Waals surface area contributed by atoms with Crippen LogP contribution in [0.4, 0.5) is 0 Å². The zero-order valence-corrected chi connectivity index (χ0v) is 6.41. The van der Waals surface area contributed by atoms with Crippen molar-refractivity contribution in [1.29, 1.82) is 0 Å². The normalized spacial score (nSPS) is 11.2. The summed E-state index contributed by atoms with van der Waals surface area (Å²) in [6, 6.07) is 4.36. The molecule has 1 aromatic carbocycles. The number of nitro groups is 1. The van der Waals surface area contributed by atoms with E-state index < -0.39 is 10.8 Å². The molecule has 13 heavy (non-hydrogen) atoms. The molecule has 6 nitrogen and oxygen atoms in total. The van der Waals surface area contributed by atoms with Gasteiger partial charge in [-0.1, -0.05) is 0 Å². The molecule has 0 fully saturated rings. The second-order valence-electron chi connectivity index (χ2n) is 2.44. The minimum atomic E-state index is -3.10. The molecular weight excluding hydrogens is 178 g/mol. The van der Waals surface area contributed by atoms with Gasteiger partial charge in [0.1, 0.15) is 5.75 Å². The van der Waals surface area contributed by atoms with E-state index in [1.54, 1.807) is 0 Å². The smallest absolute Gasteiger partial charge is 0.465 e. The highest BCUT2D eigenvalue weighted by Gasteiger charge is 2.40. The molecule has 0 amide bonds. The Hall–Kier alpha value is -1.66. The van der Waals surface area contributed by atoms with Crippen molar-refractivity contribution in [2.24, 2.45) is 0 Å². The van der Waals surface area contributed by atoms with E-state index in [1.165, 1.54) is 0 Å². The summed E-state index contributed by atoms with van der Waals surface area (Å²) in [5.41, 5.74) is -0.310. The second kappa shape index (κ2) is 3.00. The van der Waals surface area contributed by atoms with E-state index in [1.807, 2.05) is 0 Å². The molecule has 1 rings (SSSR count). The van der Waals surface area contributed by atoms with Crippen molar-refractivity contribution in [3.8, 4) is 5.75 Å². The van der Waals surface area contributed by atoms with Gasteiger partial charge in [0.05, 0.1) is 10.5 Å². The molecule has 6 heteroatoms. The van der Waals surface area contributed by atoms with E-state index in [0.717, 1.165) is 24.3 Å². The molecule has 0 atom stereocenters. The molecule has 0 unspecified atom stereocenters. The van der Waals surface area contributed by atoms with Gasteiger partial charge in [0.15, 0.2) is 0 Å². The van der Waals surface area contributed by atoms with Crippen LogP contribution in [-0.4, -0.2) is 20.2 Å². The fourth-order valence-corrected chi connectivity index (χ4v) is 0.790. The molecular formula is C7H7NO5. The van der Waals surface area contributed by atoms with Gasteiger partial charge in [-0.05, 0) is 24.3 Å². The summed E-state index contributed by atoms with van der Waals surface area (Å²) in [6.07, 6.45) is 0. The van der Waals surface area contributed by atoms with Gasteiger partial charge in [0.2, 0.25) is 0 Å². The third-order valence-electron chi connectivity index (χ3n) is 1.51. The van der Waals surface area contributed by atoms with E-state index in [2.05, 4.69) is 0 Å². The summed E-state index contributed by atoms with van der Waals surface area (Å²) in [5, 5.41) is 36.8. The average Bonchev–Trinajstić information content (AvgIpc) is 2.04. The first-order valence-electron chi connectivity index (χ1n) is 3.33.